The summed E-state index contributed by atoms with van der Waals surface area (Å²) in [5.41, 5.74) is -0.173. The number of amides is 1. The van der Waals surface area contributed by atoms with Crippen molar-refractivity contribution in [2.24, 2.45) is 0 Å². The van der Waals surface area contributed by atoms with Gasteiger partial charge in [-0.3, -0.25) is 9.69 Å². The van der Waals surface area contributed by atoms with Crippen molar-refractivity contribution in [3.63, 3.8) is 0 Å². The number of carbonyl (C=O) groups excluding carboxylic acids is 1. The van der Waals surface area contributed by atoms with Crippen LogP contribution in [-0.2, 0) is 19.6 Å². The Morgan fingerprint density at radius 3 is 2.50 bits per heavy atom. The Morgan fingerprint density at radius 1 is 1.27 bits per heavy atom. The van der Waals surface area contributed by atoms with E-state index in [1.54, 1.807) is 0 Å². The molecule has 1 amide bonds. The average molecular weight is 333 g/mol. The first-order valence-electron chi connectivity index (χ1n) is 7.79. The summed E-state index contributed by atoms with van der Waals surface area (Å²) in [7, 11) is -3.33. The maximum Gasteiger partial charge on any atom is 0.238 e. The molecule has 2 aliphatic rings. The van der Waals surface area contributed by atoms with Gasteiger partial charge in [-0.15, -0.1) is 0 Å². The van der Waals surface area contributed by atoms with Gasteiger partial charge in [-0.1, -0.05) is 0 Å². The molecular formula is C14H27N3O4S. The normalized spacial score (nSPS) is 25.3. The molecule has 0 aromatic rings. The van der Waals surface area contributed by atoms with Gasteiger partial charge in [0.1, 0.15) is 6.04 Å². The van der Waals surface area contributed by atoms with Crippen molar-refractivity contribution in [3.8, 4) is 0 Å². The van der Waals surface area contributed by atoms with Gasteiger partial charge in [0.15, 0.2) is 0 Å². The molecule has 0 radical (unpaired) electrons. The Balaban J connectivity index is 1.91. The van der Waals surface area contributed by atoms with Crippen molar-refractivity contribution in [2.75, 3.05) is 45.6 Å². The van der Waals surface area contributed by atoms with Crippen LogP contribution in [0.2, 0.25) is 0 Å². The highest BCUT2D eigenvalue weighted by Gasteiger charge is 2.37. The summed E-state index contributed by atoms with van der Waals surface area (Å²) >= 11 is 0. The Morgan fingerprint density at radius 2 is 1.91 bits per heavy atom. The highest BCUT2D eigenvalue weighted by atomic mass is 32.2. The summed E-state index contributed by atoms with van der Waals surface area (Å²) in [6, 6.07) is -0.560. The Labute approximate surface area is 133 Å². The first-order chi connectivity index (χ1) is 10.2. The van der Waals surface area contributed by atoms with E-state index in [1.165, 1.54) is 4.31 Å². The van der Waals surface area contributed by atoms with Crippen molar-refractivity contribution >= 4 is 15.9 Å². The van der Waals surface area contributed by atoms with Crippen LogP contribution in [-0.4, -0.2) is 80.8 Å². The molecule has 0 saturated carbocycles. The molecule has 0 bridgehead atoms. The minimum absolute atomic E-state index is 0.173. The Hall–Kier alpha value is -0.700. The van der Waals surface area contributed by atoms with E-state index < -0.39 is 16.1 Å². The summed E-state index contributed by atoms with van der Waals surface area (Å²) in [6.07, 6.45) is 2.49. The Kier molecular flexibility index (Phi) is 5.47. The van der Waals surface area contributed by atoms with Crippen LogP contribution in [0.1, 0.15) is 26.7 Å². The zero-order chi connectivity index (χ0) is 16.4. The number of carbonyl (C=O) groups is 1. The zero-order valence-electron chi connectivity index (χ0n) is 13.7. The first kappa shape index (κ1) is 17.7. The fourth-order valence-corrected chi connectivity index (χ4v) is 4.23. The third kappa shape index (κ3) is 4.18. The fourth-order valence-electron chi connectivity index (χ4n) is 3.10. The number of ether oxygens (including phenoxy) is 1. The van der Waals surface area contributed by atoms with Gasteiger partial charge in [0, 0.05) is 31.7 Å². The molecule has 0 aromatic heterocycles. The number of hydrogen-bond donors (Lipinski definition) is 1. The van der Waals surface area contributed by atoms with E-state index >= 15 is 0 Å². The van der Waals surface area contributed by atoms with Crippen LogP contribution >= 0.6 is 0 Å². The zero-order valence-corrected chi connectivity index (χ0v) is 14.5. The number of morpholine rings is 1. The number of hydrogen-bond acceptors (Lipinski definition) is 5. The summed E-state index contributed by atoms with van der Waals surface area (Å²) < 4.78 is 30.1. The second-order valence-corrected chi connectivity index (χ2v) is 8.60. The SMILES string of the molecule is CC(C)(CNC(=O)[C@H]1CCCN1S(C)(=O)=O)N1CCOCC1. The quantitative estimate of drug-likeness (QED) is 0.743. The number of nitrogens with one attached hydrogen (secondary N) is 1. The lowest BCUT2D eigenvalue weighted by Gasteiger charge is -2.41. The van der Waals surface area contributed by atoms with Crippen LogP contribution in [0.4, 0.5) is 0 Å². The minimum atomic E-state index is -3.33. The number of rotatable bonds is 5. The lowest BCUT2D eigenvalue weighted by atomic mass is 10.0. The maximum absolute atomic E-state index is 12.4. The molecule has 128 valence electrons. The van der Waals surface area contributed by atoms with E-state index in [1.807, 2.05) is 0 Å². The van der Waals surface area contributed by atoms with Crippen molar-refractivity contribution in [2.45, 2.75) is 38.3 Å². The van der Waals surface area contributed by atoms with Crippen LogP contribution in [0.3, 0.4) is 0 Å². The van der Waals surface area contributed by atoms with Gasteiger partial charge in [-0.05, 0) is 26.7 Å². The molecule has 0 aromatic carbocycles. The molecule has 2 saturated heterocycles. The van der Waals surface area contributed by atoms with E-state index in [2.05, 4.69) is 24.1 Å². The maximum atomic E-state index is 12.4. The molecule has 7 nitrogen and oxygen atoms in total. The van der Waals surface area contributed by atoms with Crippen molar-refractivity contribution in [1.29, 1.82) is 0 Å². The van der Waals surface area contributed by atoms with E-state index in [-0.39, 0.29) is 11.4 Å². The summed E-state index contributed by atoms with van der Waals surface area (Å²) in [4.78, 5) is 14.7. The molecule has 8 heteroatoms. The third-order valence-corrected chi connectivity index (χ3v) is 5.78. The largest absolute Gasteiger partial charge is 0.379 e. The summed E-state index contributed by atoms with van der Waals surface area (Å²) in [5, 5.41) is 2.94. The van der Waals surface area contributed by atoms with Gasteiger partial charge in [-0.2, -0.15) is 4.31 Å². The molecular weight excluding hydrogens is 306 g/mol. The van der Waals surface area contributed by atoms with E-state index in [9.17, 15) is 13.2 Å². The molecule has 1 atom stereocenters. The summed E-state index contributed by atoms with van der Waals surface area (Å²) in [6.45, 7) is 8.22. The molecule has 2 fully saturated rings. The first-order valence-corrected chi connectivity index (χ1v) is 9.64. The molecule has 2 aliphatic heterocycles. The molecule has 0 unspecified atom stereocenters. The standard InChI is InChI=1S/C14H27N3O4S/c1-14(2,16-7-9-21-10-8-16)11-15-13(18)12-5-4-6-17(12)22(3,19)20/h12H,4-11H2,1-3H3,(H,15,18)/t12-/m1/s1. The lowest BCUT2D eigenvalue weighted by Crippen LogP contribution is -2.57. The molecule has 2 heterocycles. The monoisotopic (exact) mass is 333 g/mol. The van der Waals surface area contributed by atoms with Crippen molar-refractivity contribution in [3.05, 3.63) is 0 Å². The van der Waals surface area contributed by atoms with Gasteiger partial charge in [-0.25, -0.2) is 8.42 Å². The van der Waals surface area contributed by atoms with Crippen LogP contribution in [0.25, 0.3) is 0 Å². The van der Waals surface area contributed by atoms with E-state index in [0.717, 1.165) is 25.8 Å². The predicted octanol–water partition coefficient (Wildman–Crippen LogP) is -0.363. The van der Waals surface area contributed by atoms with E-state index in [0.29, 0.717) is 32.7 Å². The van der Waals surface area contributed by atoms with Gasteiger partial charge < -0.3 is 10.1 Å². The molecule has 1 N–H and O–H groups in total. The fraction of sp³-hybridized carbons (Fsp3) is 0.929. The predicted molar refractivity (Wildman–Crippen MR) is 84.1 cm³/mol. The minimum Gasteiger partial charge on any atom is -0.379 e. The number of nitrogens with zero attached hydrogens (tertiary/aromatic N) is 2. The van der Waals surface area contributed by atoms with Crippen LogP contribution in [0.15, 0.2) is 0 Å². The van der Waals surface area contributed by atoms with E-state index in [4.69, 9.17) is 4.74 Å². The Bertz CT molecular complexity index is 500. The highest BCUT2D eigenvalue weighted by Crippen LogP contribution is 2.21. The molecule has 0 spiro atoms. The van der Waals surface area contributed by atoms with Gasteiger partial charge in [0.25, 0.3) is 0 Å². The van der Waals surface area contributed by atoms with Crippen LogP contribution in [0.5, 0.6) is 0 Å². The summed E-state index contributed by atoms with van der Waals surface area (Å²) in [5.74, 6) is -0.191. The highest BCUT2D eigenvalue weighted by molar-refractivity contribution is 7.88. The van der Waals surface area contributed by atoms with Gasteiger partial charge >= 0.3 is 0 Å². The smallest absolute Gasteiger partial charge is 0.238 e. The lowest BCUT2D eigenvalue weighted by molar-refractivity contribution is -0.125. The topological polar surface area (TPSA) is 79.0 Å². The van der Waals surface area contributed by atoms with Crippen molar-refractivity contribution < 1.29 is 17.9 Å². The van der Waals surface area contributed by atoms with Gasteiger partial charge in [0.05, 0.1) is 19.5 Å². The van der Waals surface area contributed by atoms with Crippen molar-refractivity contribution in [1.82, 2.24) is 14.5 Å². The van der Waals surface area contributed by atoms with Gasteiger partial charge in [0.2, 0.25) is 15.9 Å². The van der Waals surface area contributed by atoms with Crippen LogP contribution < -0.4 is 5.32 Å². The second kappa shape index (κ2) is 6.82. The molecule has 2 rings (SSSR count). The second-order valence-electron chi connectivity index (χ2n) is 6.66. The molecule has 22 heavy (non-hydrogen) atoms. The van der Waals surface area contributed by atoms with Crippen LogP contribution in [0, 0.1) is 0 Å². The number of sulfonamides is 1. The third-order valence-electron chi connectivity index (χ3n) is 4.49. The average Bonchev–Trinajstić information content (AvgIpc) is 2.95. The molecule has 0 aliphatic carbocycles.